The first-order chi connectivity index (χ1) is 8.74. The Labute approximate surface area is 106 Å². The number of H-pyrrole nitrogens is 1. The number of carbonyl (C=O) groups excluding carboxylic acids is 1. The molecule has 0 unspecified atom stereocenters. The molecular weight excluding hydrogens is 230 g/mol. The van der Waals surface area contributed by atoms with Crippen LogP contribution in [0.2, 0.25) is 0 Å². The number of aromatic amines is 1. The van der Waals surface area contributed by atoms with Crippen LogP contribution in [0.15, 0.2) is 24.3 Å². The average molecular weight is 247 g/mol. The highest BCUT2D eigenvalue weighted by molar-refractivity contribution is 5.95. The highest BCUT2D eigenvalue weighted by Gasteiger charge is 2.10. The van der Waals surface area contributed by atoms with Crippen LogP contribution in [0.3, 0.4) is 0 Å². The molecule has 1 N–H and O–H groups in total. The third-order valence-electron chi connectivity index (χ3n) is 2.56. The molecule has 4 heteroatoms. The molecule has 18 heavy (non-hydrogen) atoms. The van der Waals surface area contributed by atoms with Gasteiger partial charge in [0.25, 0.3) is 0 Å². The summed E-state index contributed by atoms with van der Waals surface area (Å²) in [5, 5.41) is 0.951. The van der Waals surface area contributed by atoms with Gasteiger partial charge in [0.05, 0.1) is 13.2 Å². The zero-order valence-electron chi connectivity index (χ0n) is 10.7. The molecule has 0 saturated heterocycles. The fraction of sp³-hybridized carbons (Fsp3) is 0.357. The zero-order valence-corrected chi connectivity index (χ0v) is 10.7. The summed E-state index contributed by atoms with van der Waals surface area (Å²) in [5.74, 6) is 0.489. The Kier molecular flexibility index (Phi) is 3.87. The largest absolute Gasteiger partial charge is 0.494 e. The van der Waals surface area contributed by atoms with E-state index in [-0.39, 0.29) is 5.97 Å². The third-order valence-corrected chi connectivity index (χ3v) is 2.56. The van der Waals surface area contributed by atoms with Crippen molar-refractivity contribution in [2.24, 2.45) is 0 Å². The maximum absolute atomic E-state index is 11.6. The normalized spacial score (nSPS) is 10.6. The van der Waals surface area contributed by atoms with Crippen LogP contribution in [0.4, 0.5) is 0 Å². The molecule has 4 nitrogen and oxygen atoms in total. The molecule has 1 aromatic heterocycles. The molecule has 0 aliphatic rings. The van der Waals surface area contributed by atoms with Crippen molar-refractivity contribution in [1.29, 1.82) is 0 Å². The molecule has 2 aromatic rings. The number of hydrogen-bond acceptors (Lipinski definition) is 3. The first-order valence-electron chi connectivity index (χ1n) is 6.17. The molecule has 0 atom stereocenters. The number of aromatic nitrogens is 1. The Morgan fingerprint density at radius 2 is 2.11 bits per heavy atom. The molecule has 1 aromatic carbocycles. The third kappa shape index (κ3) is 2.64. The van der Waals surface area contributed by atoms with Crippen molar-refractivity contribution < 1.29 is 14.3 Å². The molecule has 0 saturated carbocycles. The highest BCUT2D eigenvalue weighted by atomic mass is 16.5. The van der Waals surface area contributed by atoms with E-state index in [2.05, 4.69) is 11.9 Å². The summed E-state index contributed by atoms with van der Waals surface area (Å²) in [6.07, 6.45) is 0.971. The Hall–Kier alpha value is -1.97. The van der Waals surface area contributed by atoms with Gasteiger partial charge < -0.3 is 14.5 Å². The SMILES string of the molecule is CCCOc1ccc2[nH]c(C(=O)OCC)cc2c1. The Morgan fingerprint density at radius 3 is 2.83 bits per heavy atom. The van der Waals surface area contributed by atoms with Gasteiger partial charge in [-0.2, -0.15) is 0 Å². The van der Waals surface area contributed by atoms with Gasteiger partial charge in [-0.25, -0.2) is 4.79 Å². The van der Waals surface area contributed by atoms with Crippen molar-refractivity contribution in [3.05, 3.63) is 30.0 Å². The van der Waals surface area contributed by atoms with Crippen LogP contribution in [0.5, 0.6) is 5.75 Å². The second-order valence-corrected chi connectivity index (χ2v) is 4.00. The number of nitrogens with one attached hydrogen (secondary N) is 1. The van der Waals surface area contributed by atoms with Gasteiger partial charge in [0.15, 0.2) is 0 Å². The maximum atomic E-state index is 11.6. The Balaban J connectivity index is 2.25. The number of ether oxygens (including phenoxy) is 2. The van der Waals surface area contributed by atoms with Crippen LogP contribution in [0, 0.1) is 0 Å². The highest BCUT2D eigenvalue weighted by Crippen LogP contribution is 2.22. The van der Waals surface area contributed by atoms with Gasteiger partial charge >= 0.3 is 5.97 Å². The molecule has 1 heterocycles. The van der Waals surface area contributed by atoms with Crippen LogP contribution in [0.1, 0.15) is 30.8 Å². The summed E-state index contributed by atoms with van der Waals surface area (Å²) in [6.45, 7) is 4.92. The molecule has 0 radical (unpaired) electrons. The molecular formula is C14H17NO3. The fourth-order valence-corrected chi connectivity index (χ4v) is 1.74. The number of hydrogen-bond donors (Lipinski definition) is 1. The van der Waals surface area contributed by atoms with Crippen LogP contribution in [-0.2, 0) is 4.74 Å². The first kappa shape index (κ1) is 12.5. The van der Waals surface area contributed by atoms with Gasteiger partial charge in [0.2, 0.25) is 0 Å². The minimum absolute atomic E-state index is 0.329. The average Bonchev–Trinajstić information content (AvgIpc) is 2.79. The number of esters is 1. The minimum Gasteiger partial charge on any atom is -0.494 e. The number of rotatable bonds is 5. The molecule has 0 bridgehead atoms. The monoisotopic (exact) mass is 247 g/mol. The summed E-state index contributed by atoms with van der Waals surface area (Å²) in [7, 11) is 0. The van der Waals surface area contributed by atoms with E-state index in [0.29, 0.717) is 18.9 Å². The Morgan fingerprint density at radius 1 is 1.28 bits per heavy atom. The molecule has 0 amide bonds. The van der Waals surface area contributed by atoms with Gasteiger partial charge in [-0.3, -0.25) is 0 Å². The van der Waals surface area contributed by atoms with Gasteiger partial charge in [0, 0.05) is 10.9 Å². The van der Waals surface area contributed by atoms with E-state index in [1.807, 2.05) is 18.2 Å². The standard InChI is InChI=1S/C14H17NO3/c1-3-7-18-11-5-6-12-10(8-11)9-13(15-12)14(16)17-4-2/h5-6,8-9,15H,3-4,7H2,1-2H3. The molecule has 2 rings (SSSR count). The predicted molar refractivity (Wildman–Crippen MR) is 70.0 cm³/mol. The van der Waals surface area contributed by atoms with E-state index in [9.17, 15) is 4.79 Å². The van der Waals surface area contributed by atoms with Crippen molar-refractivity contribution in [3.8, 4) is 5.75 Å². The second kappa shape index (κ2) is 5.58. The molecule has 96 valence electrons. The van der Waals surface area contributed by atoms with Gasteiger partial charge in [-0.1, -0.05) is 6.92 Å². The van der Waals surface area contributed by atoms with E-state index in [1.54, 1.807) is 13.0 Å². The lowest BCUT2D eigenvalue weighted by Gasteiger charge is -2.03. The zero-order chi connectivity index (χ0) is 13.0. The molecule has 0 aliphatic heterocycles. The van der Waals surface area contributed by atoms with Crippen molar-refractivity contribution in [3.63, 3.8) is 0 Å². The summed E-state index contributed by atoms with van der Waals surface area (Å²) < 4.78 is 10.5. The lowest BCUT2D eigenvalue weighted by atomic mass is 10.2. The number of carbonyl (C=O) groups is 1. The molecule has 0 spiro atoms. The number of benzene rings is 1. The lowest BCUT2D eigenvalue weighted by molar-refractivity contribution is 0.0520. The topological polar surface area (TPSA) is 51.3 Å². The van der Waals surface area contributed by atoms with Gasteiger partial charge in [-0.15, -0.1) is 0 Å². The second-order valence-electron chi connectivity index (χ2n) is 4.00. The summed E-state index contributed by atoms with van der Waals surface area (Å²) >= 11 is 0. The van der Waals surface area contributed by atoms with Crippen molar-refractivity contribution in [1.82, 2.24) is 4.98 Å². The smallest absolute Gasteiger partial charge is 0.354 e. The van der Waals surface area contributed by atoms with Crippen LogP contribution in [-0.4, -0.2) is 24.2 Å². The predicted octanol–water partition coefficient (Wildman–Crippen LogP) is 3.13. The number of fused-ring (bicyclic) bond motifs is 1. The fourth-order valence-electron chi connectivity index (χ4n) is 1.74. The van der Waals surface area contributed by atoms with E-state index >= 15 is 0 Å². The molecule has 0 fully saturated rings. The summed E-state index contributed by atoms with van der Waals surface area (Å²) in [4.78, 5) is 14.6. The van der Waals surface area contributed by atoms with Crippen molar-refractivity contribution >= 4 is 16.9 Å². The van der Waals surface area contributed by atoms with Crippen molar-refractivity contribution in [2.45, 2.75) is 20.3 Å². The quantitative estimate of drug-likeness (QED) is 0.826. The van der Waals surface area contributed by atoms with E-state index in [4.69, 9.17) is 9.47 Å². The van der Waals surface area contributed by atoms with Gasteiger partial charge in [-0.05, 0) is 37.6 Å². The van der Waals surface area contributed by atoms with Crippen LogP contribution >= 0.6 is 0 Å². The van der Waals surface area contributed by atoms with E-state index in [1.165, 1.54) is 0 Å². The van der Waals surface area contributed by atoms with Crippen molar-refractivity contribution in [2.75, 3.05) is 13.2 Å². The Bertz CT molecular complexity index is 545. The van der Waals surface area contributed by atoms with E-state index in [0.717, 1.165) is 23.1 Å². The van der Waals surface area contributed by atoms with Crippen LogP contribution in [0.25, 0.3) is 10.9 Å². The summed E-state index contributed by atoms with van der Waals surface area (Å²) in [6, 6.07) is 7.50. The summed E-state index contributed by atoms with van der Waals surface area (Å²) in [5.41, 5.74) is 1.38. The first-order valence-corrected chi connectivity index (χ1v) is 6.17. The molecule has 0 aliphatic carbocycles. The lowest BCUT2D eigenvalue weighted by Crippen LogP contribution is -2.04. The van der Waals surface area contributed by atoms with Crippen LogP contribution < -0.4 is 4.74 Å². The van der Waals surface area contributed by atoms with Gasteiger partial charge in [0.1, 0.15) is 11.4 Å². The minimum atomic E-state index is -0.329. The maximum Gasteiger partial charge on any atom is 0.354 e. The van der Waals surface area contributed by atoms with E-state index < -0.39 is 0 Å².